The lowest BCUT2D eigenvalue weighted by atomic mass is 9.87. The average Bonchev–Trinajstić information content (AvgIpc) is 2.41. The quantitative estimate of drug-likeness (QED) is 0.902. The maximum Gasteiger partial charge on any atom is 0.307 e. The lowest BCUT2D eigenvalue weighted by Crippen LogP contribution is -2.29. The first-order valence-electron chi connectivity index (χ1n) is 6.56. The minimum absolute atomic E-state index is 0.0184. The number of hydrogen-bond acceptors (Lipinski definition) is 3. The molecular formula is C15H17NO3. The van der Waals surface area contributed by atoms with Gasteiger partial charge in [0, 0.05) is 0 Å². The van der Waals surface area contributed by atoms with Crippen LogP contribution in [0.2, 0.25) is 0 Å². The average molecular weight is 259 g/mol. The molecule has 0 radical (unpaired) electrons. The Morgan fingerprint density at radius 2 is 2.00 bits per heavy atom. The molecule has 2 atom stereocenters. The van der Waals surface area contributed by atoms with Crippen LogP contribution in [0.15, 0.2) is 24.3 Å². The minimum Gasteiger partial charge on any atom is -0.489 e. The highest BCUT2D eigenvalue weighted by molar-refractivity contribution is 5.70. The van der Waals surface area contributed by atoms with Crippen LogP contribution >= 0.6 is 0 Å². The van der Waals surface area contributed by atoms with Crippen LogP contribution in [-0.4, -0.2) is 17.2 Å². The van der Waals surface area contributed by atoms with E-state index in [1.807, 2.05) is 0 Å². The van der Waals surface area contributed by atoms with Gasteiger partial charge in [-0.05, 0) is 37.0 Å². The molecule has 1 aromatic rings. The SMILES string of the molecule is N#CC1CCCCC1Oc1ccc(CC(=O)O)cc1. The molecule has 19 heavy (non-hydrogen) atoms. The van der Waals surface area contributed by atoms with E-state index in [0.29, 0.717) is 5.75 Å². The predicted molar refractivity (Wildman–Crippen MR) is 69.8 cm³/mol. The molecule has 0 aliphatic heterocycles. The van der Waals surface area contributed by atoms with Crippen molar-refractivity contribution >= 4 is 5.97 Å². The van der Waals surface area contributed by atoms with E-state index >= 15 is 0 Å². The Bertz CT molecular complexity index is 475. The third-order valence-electron chi connectivity index (χ3n) is 3.43. The summed E-state index contributed by atoms with van der Waals surface area (Å²) in [5.74, 6) is -0.167. The van der Waals surface area contributed by atoms with Crippen LogP contribution in [0.5, 0.6) is 5.75 Å². The topological polar surface area (TPSA) is 70.3 Å². The summed E-state index contributed by atoms with van der Waals surface area (Å²) in [5.41, 5.74) is 0.750. The van der Waals surface area contributed by atoms with Crippen molar-refractivity contribution in [2.24, 2.45) is 5.92 Å². The lowest BCUT2D eigenvalue weighted by Gasteiger charge is -2.27. The van der Waals surface area contributed by atoms with Crippen molar-refractivity contribution in [2.45, 2.75) is 38.2 Å². The second-order valence-corrected chi connectivity index (χ2v) is 4.89. The van der Waals surface area contributed by atoms with Gasteiger partial charge in [0.15, 0.2) is 0 Å². The molecule has 0 bridgehead atoms. The largest absolute Gasteiger partial charge is 0.489 e. The molecule has 1 saturated carbocycles. The smallest absolute Gasteiger partial charge is 0.307 e. The van der Waals surface area contributed by atoms with E-state index in [0.717, 1.165) is 31.2 Å². The van der Waals surface area contributed by atoms with E-state index in [4.69, 9.17) is 15.1 Å². The van der Waals surface area contributed by atoms with Crippen LogP contribution in [0, 0.1) is 17.2 Å². The van der Waals surface area contributed by atoms with Crippen molar-refractivity contribution < 1.29 is 14.6 Å². The zero-order chi connectivity index (χ0) is 13.7. The van der Waals surface area contributed by atoms with Crippen molar-refractivity contribution in [2.75, 3.05) is 0 Å². The number of rotatable bonds is 4. The zero-order valence-electron chi connectivity index (χ0n) is 10.7. The summed E-state index contributed by atoms with van der Waals surface area (Å²) in [7, 11) is 0. The van der Waals surface area contributed by atoms with Crippen molar-refractivity contribution in [3.8, 4) is 11.8 Å². The van der Waals surface area contributed by atoms with Gasteiger partial charge in [-0.15, -0.1) is 0 Å². The first-order chi connectivity index (χ1) is 9.19. The van der Waals surface area contributed by atoms with Crippen molar-refractivity contribution in [3.63, 3.8) is 0 Å². The van der Waals surface area contributed by atoms with Gasteiger partial charge in [0.05, 0.1) is 18.4 Å². The molecule has 1 aliphatic carbocycles. The number of nitriles is 1. The maximum absolute atomic E-state index is 10.6. The number of aliphatic carboxylic acids is 1. The Hall–Kier alpha value is -2.02. The van der Waals surface area contributed by atoms with Gasteiger partial charge in [-0.1, -0.05) is 18.6 Å². The Morgan fingerprint density at radius 1 is 1.32 bits per heavy atom. The monoisotopic (exact) mass is 259 g/mol. The van der Waals surface area contributed by atoms with Crippen LogP contribution in [0.25, 0.3) is 0 Å². The normalized spacial score (nSPS) is 22.5. The van der Waals surface area contributed by atoms with E-state index in [-0.39, 0.29) is 18.4 Å². The van der Waals surface area contributed by atoms with Crippen LogP contribution in [-0.2, 0) is 11.2 Å². The van der Waals surface area contributed by atoms with Gasteiger partial charge in [0.2, 0.25) is 0 Å². The van der Waals surface area contributed by atoms with Gasteiger partial charge < -0.3 is 9.84 Å². The highest BCUT2D eigenvalue weighted by atomic mass is 16.5. The van der Waals surface area contributed by atoms with E-state index in [1.165, 1.54) is 0 Å². The maximum atomic E-state index is 10.6. The number of carboxylic acid groups (broad SMARTS) is 1. The fraction of sp³-hybridized carbons (Fsp3) is 0.467. The molecule has 4 heteroatoms. The second kappa shape index (κ2) is 6.24. The van der Waals surface area contributed by atoms with E-state index in [9.17, 15) is 4.79 Å². The molecular weight excluding hydrogens is 242 g/mol. The molecule has 0 saturated heterocycles. The highest BCUT2D eigenvalue weighted by Gasteiger charge is 2.26. The minimum atomic E-state index is -0.842. The Balaban J connectivity index is 1.98. The highest BCUT2D eigenvalue weighted by Crippen LogP contribution is 2.28. The fourth-order valence-electron chi connectivity index (χ4n) is 2.42. The summed E-state index contributed by atoms with van der Waals surface area (Å²) in [5, 5.41) is 17.8. The van der Waals surface area contributed by atoms with Crippen molar-refractivity contribution in [1.82, 2.24) is 0 Å². The van der Waals surface area contributed by atoms with Crippen LogP contribution in [0.1, 0.15) is 31.2 Å². The molecule has 1 fully saturated rings. The molecule has 100 valence electrons. The van der Waals surface area contributed by atoms with Gasteiger partial charge in [-0.2, -0.15) is 5.26 Å². The summed E-state index contributed by atoms with van der Waals surface area (Å²) >= 11 is 0. The second-order valence-electron chi connectivity index (χ2n) is 4.89. The third kappa shape index (κ3) is 3.72. The molecule has 0 aromatic heterocycles. The fourth-order valence-corrected chi connectivity index (χ4v) is 2.42. The zero-order valence-corrected chi connectivity index (χ0v) is 10.7. The standard InChI is InChI=1S/C15H17NO3/c16-10-12-3-1-2-4-14(12)19-13-7-5-11(6-8-13)9-15(17)18/h5-8,12,14H,1-4,9H2,(H,17,18). The Kier molecular flexibility index (Phi) is 4.40. The summed E-state index contributed by atoms with van der Waals surface area (Å²) < 4.78 is 5.85. The summed E-state index contributed by atoms with van der Waals surface area (Å²) in [4.78, 5) is 10.6. The first kappa shape index (κ1) is 13.4. The number of hydrogen-bond donors (Lipinski definition) is 1. The molecule has 1 aliphatic rings. The molecule has 0 spiro atoms. The van der Waals surface area contributed by atoms with E-state index in [1.54, 1.807) is 24.3 Å². The van der Waals surface area contributed by atoms with Gasteiger partial charge in [0.1, 0.15) is 11.9 Å². The van der Waals surface area contributed by atoms with Gasteiger partial charge >= 0.3 is 5.97 Å². The van der Waals surface area contributed by atoms with Crippen LogP contribution in [0.4, 0.5) is 0 Å². The number of carbonyl (C=O) groups is 1. The van der Waals surface area contributed by atoms with Crippen molar-refractivity contribution in [3.05, 3.63) is 29.8 Å². The Morgan fingerprint density at radius 3 is 2.63 bits per heavy atom. The van der Waals surface area contributed by atoms with E-state index in [2.05, 4.69) is 6.07 Å². The number of benzene rings is 1. The van der Waals surface area contributed by atoms with Gasteiger partial charge in [-0.25, -0.2) is 0 Å². The molecule has 1 aromatic carbocycles. The molecule has 1 N–H and O–H groups in total. The molecule has 0 heterocycles. The summed E-state index contributed by atoms with van der Waals surface area (Å²) in [6, 6.07) is 9.38. The molecule has 2 rings (SSSR count). The van der Waals surface area contributed by atoms with Gasteiger partial charge in [0.25, 0.3) is 0 Å². The van der Waals surface area contributed by atoms with Gasteiger partial charge in [-0.3, -0.25) is 4.79 Å². The van der Waals surface area contributed by atoms with Crippen molar-refractivity contribution in [1.29, 1.82) is 5.26 Å². The lowest BCUT2D eigenvalue weighted by molar-refractivity contribution is -0.136. The number of nitrogens with zero attached hydrogens (tertiary/aromatic N) is 1. The molecule has 0 amide bonds. The number of carboxylic acids is 1. The Labute approximate surface area is 112 Å². The summed E-state index contributed by atoms with van der Waals surface area (Å²) in [6.45, 7) is 0. The number of ether oxygens (including phenoxy) is 1. The van der Waals surface area contributed by atoms with Crippen LogP contribution < -0.4 is 4.74 Å². The predicted octanol–water partition coefficient (Wildman–Crippen LogP) is 2.77. The first-order valence-corrected chi connectivity index (χ1v) is 6.56. The summed E-state index contributed by atoms with van der Waals surface area (Å²) in [6.07, 6.45) is 3.98. The van der Waals surface area contributed by atoms with E-state index < -0.39 is 5.97 Å². The third-order valence-corrected chi connectivity index (χ3v) is 3.43. The van der Waals surface area contributed by atoms with Crippen LogP contribution in [0.3, 0.4) is 0 Å². The molecule has 4 nitrogen and oxygen atoms in total. The molecule has 2 unspecified atom stereocenters.